The van der Waals surface area contributed by atoms with E-state index >= 15 is 0 Å². The average Bonchev–Trinajstić information content (AvgIpc) is 2.86. The van der Waals surface area contributed by atoms with Crippen molar-refractivity contribution in [2.24, 2.45) is 0 Å². The van der Waals surface area contributed by atoms with Crippen molar-refractivity contribution in [1.29, 1.82) is 0 Å². The van der Waals surface area contributed by atoms with Gasteiger partial charge in [0.1, 0.15) is 0 Å². The van der Waals surface area contributed by atoms with Crippen LogP contribution in [0, 0.1) is 10.1 Å². The smallest absolute Gasteiger partial charge is 0.270 e. The molecular formula is C17H15BrN2O5S. The number of thioether (sulfide) groups is 1. The highest BCUT2D eigenvalue weighted by Crippen LogP contribution is 2.34. The summed E-state index contributed by atoms with van der Waals surface area (Å²) in [5, 5.41) is 13.5. The molecule has 2 aromatic carbocycles. The first-order chi connectivity index (χ1) is 12.5. The second-order valence-corrected chi connectivity index (χ2v) is 7.32. The zero-order valence-electron chi connectivity index (χ0n) is 13.6. The van der Waals surface area contributed by atoms with Gasteiger partial charge in [0.15, 0.2) is 11.5 Å². The molecule has 0 saturated carbocycles. The van der Waals surface area contributed by atoms with E-state index in [0.29, 0.717) is 34.9 Å². The fourth-order valence-electron chi connectivity index (χ4n) is 2.29. The zero-order chi connectivity index (χ0) is 18.5. The lowest BCUT2D eigenvalue weighted by Crippen LogP contribution is -2.14. The van der Waals surface area contributed by atoms with E-state index in [1.807, 2.05) is 18.2 Å². The Balaban J connectivity index is 1.59. The van der Waals surface area contributed by atoms with Crippen molar-refractivity contribution >= 4 is 45.0 Å². The molecule has 0 aliphatic carbocycles. The summed E-state index contributed by atoms with van der Waals surface area (Å²) in [7, 11) is 0. The van der Waals surface area contributed by atoms with Gasteiger partial charge in [0.05, 0.1) is 29.6 Å². The summed E-state index contributed by atoms with van der Waals surface area (Å²) < 4.78 is 11.7. The van der Waals surface area contributed by atoms with Crippen molar-refractivity contribution in [3.8, 4) is 11.5 Å². The molecule has 0 unspecified atom stereocenters. The summed E-state index contributed by atoms with van der Waals surface area (Å²) in [5.74, 6) is 1.39. The molecule has 1 heterocycles. The van der Waals surface area contributed by atoms with E-state index in [1.54, 1.807) is 0 Å². The van der Waals surface area contributed by atoms with Gasteiger partial charge < -0.3 is 14.8 Å². The first-order valence-electron chi connectivity index (χ1n) is 7.79. The average molecular weight is 439 g/mol. The van der Waals surface area contributed by atoms with Crippen LogP contribution < -0.4 is 14.8 Å². The number of benzene rings is 2. The van der Waals surface area contributed by atoms with E-state index in [-0.39, 0.29) is 17.3 Å². The molecule has 0 atom stereocenters. The molecule has 0 bridgehead atoms. The van der Waals surface area contributed by atoms with Crippen molar-refractivity contribution in [2.75, 3.05) is 24.3 Å². The summed E-state index contributed by atoms with van der Waals surface area (Å²) in [4.78, 5) is 23.3. The topological polar surface area (TPSA) is 90.7 Å². The molecule has 7 nitrogen and oxygen atoms in total. The second kappa shape index (κ2) is 8.41. The highest BCUT2D eigenvalue weighted by molar-refractivity contribution is 9.10. The van der Waals surface area contributed by atoms with E-state index in [4.69, 9.17) is 9.47 Å². The van der Waals surface area contributed by atoms with Gasteiger partial charge in [0, 0.05) is 27.9 Å². The van der Waals surface area contributed by atoms with Crippen LogP contribution in [0.5, 0.6) is 11.5 Å². The van der Waals surface area contributed by atoms with E-state index < -0.39 is 4.92 Å². The van der Waals surface area contributed by atoms with E-state index in [1.165, 1.54) is 30.0 Å². The lowest BCUT2D eigenvalue weighted by molar-refractivity contribution is -0.384. The van der Waals surface area contributed by atoms with Crippen LogP contribution in [0.15, 0.2) is 45.8 Å². The van der Waals surface area contributed by atoms with Crippen LogP contribution in [0.25, 0.3) is 0 Å². The Labute approximate surface area is 162 Å². The van der Waals surface area contributed by atoms with Crippen molar-refractivity contribution in [1.82, 2.24) is 0 Å². The summed E-state index contributed by atoms with van der Waals surface area (Å²) >= 11 is 4.60. The number of ether oxygens (including phenoxy) is 2. The number of hydrogen-bond donors (Lipinski definition) is 1. The van der Waals surface area contributed by atoms with E-state index in [9.17, 15) is 14.9 Å². The SMILES string of the molecule is O=C(CSc1ccc2c(c1)OCCCO2)Nc1ccc([N+](=O)[O-])cc1Br. The molecule has 1 N–H and O–H groups in total. The number of amides is 1. The van der Waals surface area contributed by atoms with Crippen LogP contribution >= 0.6 is 27.7 Å². The van der Waals surface area contributed by atoms with Gasteiger partial charge in [-0.3, -0.25) is 14.9 Å². The maximum Gasteiger partial charge on any atom is 0.270 e. The first-order valence-corrected chi connectivity index (χ1v) is 9.57. The van der Waals surface area contributed by atoms with E-state index in [0.717, 1.165) is 11.3 Å². The van der Waals surface area contributed by atoms with Gasteiger partial charge in [-0.2, -0.15) is 0 Å². The number of non-ortho nitro benzene ring substituents is 1. The number of fused-ring (bicyclic) bond motifs is 1. The Bertz CT molecular complexity index is 846. The molecule has 3 rings (SSSR count). The highest BCUT2D eigenvalue weighted by Gasteiger charge is 2.13. The fourth-order valence-corrected chi connectivity index (χ4v) is 3.48. The Morgan fingerprint density at radius 2 is 1.96 bits per heavy atom. The predicted octanol–water partition coefficient (Wildman–Crippen LogP) is 4.25. The van der Waals surface area contributed by atoms with Crippen molar-refractivity contribution in [3.05, 3.63) is 51.0 Å². The second-order valence-electron chi connectivity index (χ2n) is 5.42. The van der Waals surface area contributed by atoms with Crippen LogP contribution in [0.3, 0.4) is 0 Å². The largest absolute Gasteiger partial charge is 0.490 e. The Morgan fingerprint density at radius 3 is 2.69 bits per heavy atom. The molecule has 0 spiro atoms. The quantitative estimate of drug-likeness (QED) is 0.426. The van der Waals surface area contributed by atoms with Gasteiger partial charge in [0.2, 0.25) is 5.91 Å². The summed E-state index contributed by atoms with van der Waals surface area (Å²) in [6.45, 7) is 1.24. The molecule has 1 aliphatic heterocycles. The maximum absolute atomic E-state index is 12.2. The maximum atomic E-state index is 12.2. The Hall–Kier alpha value is -2.26. The standard InChI is InChI=1S/C17H15BrN2O5S/c18-13-8-11(20(22)23)2-4-14(13)19-17(21)10-26-12-3-5-15-16(9-12)25-7-1-6-24-15/h2-5,8-9H,1,6-7,10H2,(H,19,21). The van der Waals surface area contributed by atoms with Crippen molar-refractivity contribution < 1.29 is 19.2 Å². The molecule has 0 saturated heterocycles. The van der Waals surface area contributed by atoms with Gasteiger partial charge >= 0.3 is 0 Å². The molecule has 1 amide bonds. The van der Waals surface area contributed by atoms with Crippen LogP contribution in [0.2, 0.25) is 0 Å². The van der Waals surface area contributed by atoms with Gasteiger partial charge in [0.25, 0.3) is 5.69 Å². The Kier molecular flexibility index (Phi) is 6.00. The predicted molar refractivity (Wildman–Crippen MR) is 102 cm³/mol. The number of carbonyl (C=O) groups excluding carboxylic acids is 1. The molecule has 26 heavy (non-hydrogen) atoms. The number of nitro groups is 1. The van der Waals surface area contributed by atoms with Crippen LogP contribution in [-0.4, -0.2) is 29.8 Å². The van der Waals surface area contributed by atoms with Gasteiger partial charge in [-0.25, -0.2) is 0 Å². The number of nitro benzene ring substituents is 1. The first kappa shape index (κ1) is 18.5. The van der Waals surface area contributed by atoms with Gasteiger partial charge in [-0.05, 0) is 40.2 Å². The lowest BCUT2D eigenvalue weighted by atomic mass is 10.3. The number of rotatable bonds is 5. The molecule has 0 radical (unpaired) electrons. The third-order valence-corrected chi connectivity index (χ3v) is 5.18. The summed E-state index contributed by atoms with van der Waals surface area (Å²) in [5.41, 5.74) is 0.441. The van der Waals surface area contributed by atoms with Gasteiger partial charge in [-0.1, -0.05) is 0 Å². The fraction of sp³-hybridized carbons (Fsp3) is 0.235. The summed E-state index contributed by atoms with van der Waals surface area (Å²) in [6.07, 6.45) is 0.837. The van der Waals surface area contributed by atoms with Crippen molar-refractivity contribution in [2.45, 2.75) is 11.3 Å². The van der Waals surface area contributed by atoms with Gasteiger partial charge in [-0.15, -0.1) is 11.8 Å². The lowest BCUT2D eigenvalue weighted by Gasteiger charge is -2.10. The number of halogens is 1. The molecule has 1 aliphatic rings. The molecule has 0 aromatic heterocycles. The number of nitrogens with one attached hydrogen (secondary N) is 1. The molecule has 0 fully saturated rings. The minimum Gasteiger partial charge on any atom is -0.490 e. The van der Waals surface area contributed by atoms with Crippen molar-refractivity contribution in [3.63, 3.8) is 0 Å². The monoisotopic (exact) mass is 438 g/mol. The molecule has 136 valence electrons. The normalized spacial score (nSPS) is 13.0. The number of nitrogens with zero attached hydrogens (tertiary/aromatic N) is 1. The highest BCUT2D eigenvalue weighted by atomic mass is 79.9. The summed E-state index contributed by atoms with van der Waals surface area (Å²) in [6, 6.07) is 9.78. The van der Waals surface area contributed by atoms with Crippen LogP contribution in [-0.2, 0) is 4.79 Å². The zero-order valence-corrected chi connectivity index (χ0v) is 16.0. The number of hydrogen-bond acceptors (Lipinski definition) is 6. The molecular weight excluding hydrogens is 424 g/mol. The number of anilines is 1. The van der Waals surface area contributed by atoms with Crippen LogP contribution in [0.1, 0.15) is 6.42 Å². The number of carbonyl (C=O) groups is 1. The minimum atomic E-state index is -0.490. The van der Waals surface area contributed by atoms with E-state index in [2.05, 4.69) is 21.2 Å². The molecule has 2 aromatic rings. The Morgan fingerprint density at radius 1 is 1.19 bits per heavy atom. The molecule has 9 heteroatoms. The third kappa shape index (κ3) is 4.67. The van der Waals surface area contributed by atoms with Crippen LogP contribution in [0.4, 0.5) is 11.4 Å². The minimum absolute atomic E-state index is 0.0450. The third-order valence-electron chi connectivity index (χ3n) is 3.53.